The summed E-state index contributed by atoms with van der Waals surface area (Å²) in [6, 6.07) is 9.51. The number of aromatic nitrogens is 1. The fourth-order valence-electron chi connectivity index (χ4n) is 1.93. The Bertz CT molecular complexity index is 620. The molecule has 0 bridgehead atoms. The van der Waals surface area contributed by atoms with E-state index in [0.29, 0.717) is 11.7 Å². The maximum Gasteiger partial charge on any atom is 0.254 e. The van der Waals surface area contributed by atoms with Gasteiger partial charge in [0.1, 0.15) is 0 Å². The number of imide groups is 1. The van der Waals surface area contributed by atoms with Crippen LogP contribution in [-0.4, -0.2) is 21.9 Å². The van der Waals surface area contributed by atoms with Crippen LogP contribution in [0.5, 0.6) is 0 Å². The normalized spacial score (nSPS) is 15.1. The van der Waals surface area contributed by atoms with E-state index in [-0.39, 0.29) is 31.3 Å². The molecule has 2 amide bonds. The average molecular weight is 272 g/mol. The third-order valence-electron chi connectivity index (χ3n) is 2.93. The molecule has 1 fully saturated rings. The molecule has 2 heterocycles. The van der Waals surface area contributed by atoms with Gasteiger partial charge in [-0.3, -0.25) is 14.4 Å². The Morgan fingerprint density at radius 1 is 1.15 bits per heavy atom. The topological polar surface area (TPSA) is 72.6 Å². The van der Waals surface area contributed by atoms with Gasteiger partial charge in [0.2, 0.25) is 5.89 Å². The minimum absolute atomic E-state index is 0.0513. The third kappa shape index (κ3) is 2.46. The molecule has 1 aliphatic heterocycles. The van der Waals surface area contributed by atoms with Crippen molar-refractivity contribution in [3.8, 4) is 11.3 Å². The van der Waals surface area contributed by atoms with Gasteiger partial charge in [-0.15, -0.1) is 0 Å². The Morgan fingerprint density at radius 2 is 1.85 bits per heavy atom. The molecule has 0 aliphatic carbocycles. The molecule has 1 aromatic heterocycles. The van der Waals surface area contributed by atoms with Crippen LogP contribution in [0.2, 0.25) is 0 Å². The van der Waals surface area contributed by atoms with E-state index in [4.69, 9.17) is 9.25 Å². The number of benzene rings is 1. The largest absolute Gasteiger partial charge is 0.438 e. The number of carbonyl (C=O) groups excluding carboxylic acids is 2. The van der Waals surface area contributed by atoms with Gasteiger partial charge >= 0.3 is 0 Å². The standard InChI is InChI=1S/C14H12N2O4/c17-13-6-7-14(18)16(13)19-9-12-15-8-11(20-12)10-4-2-1-3-5-10/h1-5,8H,6-7,9H2. The summed E-state index contributed by atoms with van der Waals surface area (Å²) in [5.74, 6) is 0.273. The molecule has 2 aromatic rings. The zero-order valence-corrected chi connectivity index (χ0v) is 10.6. The Hall–Kier alpha value is -2.47. The fourth-order valence-corrected chi connectivity index (χ4v) is 1.93. The van der Waals surface area contributed by atoms with E-state index in [1.165, 1.54) is 0 Å². The molecule has 0 atom stereocenters. The molecule has 0 saturated carbocycles. The first-order valence-corrected chi connectivity index (χ1v) is 6.23. The van der Waals surface area contributed by atoms with E-state index in [1.54, 1.807) is 6.20 Å². The van der Waals surface area contributed by atoms with Crippen LogP contribution >= 0.6 is 0 Å². The number of amides is 2. The van der Waals surface area contributed by atoms with E-state index < -0.39 is 0 Å². The summed E-state index contributed by atoms with van der Waals surface area (Å²) < 4.78 is 5.51. The fraction of sp³-hybridized carbons (Fsp3) is 0.214. The maximum atomic E-state index is 11.4. The van der Waals surface area contributed by atoms with Crippen LogP contribution in [0.15, 0.2) is 40.9 Å². The number of hydrogen-bond donors (Lipinski definition) is 0. The molecule has 102 valence electrons. The van der Waals surface area contributed by atoms with Gasteiger partial charge in [0.15, 0.2) is 12.4 Å². The first-order chi connectivity index (χ1) is 9.74. The van der Waals surface area contributed by atoms with Crippen molar-refractivity contribution in [3.05, 3.63) is 42.4 Å². The molecule has 1 aromatic carbocycles. The second-order valence-corrected chi connectivity index (χ2v) is 4.34. The predicted octanol–water partition coefficient (Wildman–Crippen LogP) is 1.92. The van der Waals surface area contributed by atoms with Crippen molar-refractivity contribution < 1.29 is 18.8 Å². The zero-order valence-electron chi connectivity index (χ0n) is 10.6. The van der Waals surface area contributed by atoms with Crippen molar-refractivity contribution in [1.82, 2.24) is 10.0 Å². The maximum absolute atomic E-state index is 11.4. The van der Waals surface area contributed by atoms with E-state index in [2.05, 4.69) is 4.98 Å². The number of hydrogen-bond acceptors (Lipinski definition) is 5. The molecule has 0 N–H and O–H groups in total. The van der Waals surface area contributed by atoms with Crippen LogP contribution in [0, 0.1) is 0 Å². The minimum atomic E-state index is -0.329. The van der Waals surface area contributed by atoms with Gasteiger partial charge in [0.25, 0.3) is 11.8 Å². The third-order valence-corrected chi connectivity index (χ3v) is 2.93. The van der Waals surface area contributed by atoms with Gasteiger partial charge in [0.05, 0.1) is 6.20 Å². The molecular weight excluding hydrogens is 260 g/mol. The SMILES string of the molecule is O=C1CCC(=O)N1OCc1ncc(-c2ccccc2)o1. The number of hydroxylamine groups is 2. The van der Waals surface area contributed by atoms with E-state index in [1.807, 2.05) is 30.3 Å². The van der Waals surface area contributed by atoms with Crippen LogP contribution < -0.4 is 0 Å². The predicted molar refractivity (Wildman–Crippen MR) is 67.8 cm³/mol. The first kappa shape index (κ1) is 12.6. The zero-order chi connectivity index (χ0) is 13.9. The average Bonchev–Trinajstić information content (AvgIpc) is 3.06. The van der Waals surface area contributed by atoms with Crippen molar-refractivity contribution in [1.29, 1.82) is 0 Å². The van der Waals surface area contributed by atoms with Crippen LogP contribution in [0.25, 0.3) is 11.3 Å². The number of rotatable bonds is 4. The summed E-state index contributed by atoms with van der Waals surface area (Å²) in [6.07, 6.45) is 1.97. The van der Waals surface area contributed by atoms with Crippen molar-refractivity contribution >= 4 is 11.8 Å². The Morgan fingerprint density at radius 3 is 2.55 bits per heavy atom. The molecule has 1 aliphatic rings. The lowest BCUT2D eigenvalue weighted by Gasteiger charge is -2.11. The quantitative estimate of drug-likeness (QED) is 0.795. The molecule has 0 spiro atoms. The second-order valence-electron chi connectivity index (χ2n) is 4.34. The molecule has 0 radical (unpaired) electrons. The molecular formula is C14H12N2O4. The molecule has 20 heavy (non-hydrogen) atoms. The van der Waals surface area contributed by atoms with Crippen molar-refractivity contribution in [2.24, 2.45) is 0 Å². The summed E-state index contributed by atoms with van der Waals surface area (Å²) in [6.45, 7) is -0.0513. The van der Waals surface area contributed by atoms with Crippen LogP contribution in [0.3, 0.4) is 0 Å². The van der Waals surface area contributed by atoms with E-state index >= 15 is 0 Å². The molecule has 6 heteroatoms. The lowest BCUT2D eigenvalue weighted by molar-refractivity contribution is -0.192. The van der Waals surface area contributed by atoms with E-state index in [0.717, 1.165) is 10.6 Å². The first-order valence-electron chi connectivity index (χ1n) is 6.23. The van der Waals surface area contributed by atoms with Gasteiger partial charge in [-0.05, 0) is 0 Å². The highest BCUT2D eigenvalue weighted by atomic mass is 16.7. The second kappa shape index (κ2) is 5.26. The van der Waals surface area contributed by atoms with Gasteiger partial charge < -0.3 is 4.42 Å². The van der Waals surface area contributed by atoms with Gasteiger partial charge in [0, 0.05) is 18.4 Å². The summed E-state index contributed by atoms with van der Waals surface area (Å²) >= 11 is 0. The van der Waals surface area contributed by atoms with Crippen molar-refractivity contribution in [2.45, 2.75) is 19.4 Å². The lowest BCUT2D eigenvalue weighted by atomic mass is 10.2. The number of oxazole rings is 1. The van der Waals surface area contributed by atoms with Crippen LogP contribution in [-0.2, 0) is 21.0 Å². The smallest absolute Gasteiger partial charge is 0.254 e. The number of carbonyl (C=O) groups is 2. The summed E-state index contributed by atoms with van der Waals surface area (Å²) in [7, 11) is 0. The van der Waals surface area contributed by atoms with E-state index in [9.17, 15) is 9.59 Å². The van der Waals surface area contributed by atoms with Gasteiger partial charge in [-0.25, -0.2) is 4.98 Å². The summed E-state index contributed by atoms with van der Waals surface area (Å²) in [5.41, 5.74) is 0.902. The highest BCUT2D eigenvalue weighted by Crippen LogP contribution is 2.21. The van der Waals surface area contributed by atoms with Crippen LogP contribution in [0.1, 0.15) is 18.7 Å². The minimum Gasteiger partial charge on any atom is -0.438 e. The summed E-state index contributed by atoms with van der Waals surface area (Å²) in [5, 5.41) is 0.784. The lowest BCUT2D eigenvalue weighted by Crippen LogP contribution is -2.29. The Labute approximate surface area is 114 Å². The van der Waals surface area contributed by atoms with Gasteiger partial charge in [-0.2, -0.15) is 5.06 Å². The molecule has 6 nitrogen and oxygen atoms in total. The van der Waals surface area contributed by atoms with Crippen molar-refractivity contribution in [3.63, 3.8) is 0 Å². The van der Waals surface area contributed by atoms with Crippen LogP contribution in [0.4, 0.5) is 0 Å². The summed E-state index contributed by atoms with van der Waals surface area (Å²) in [4.78, 5) is 31.9. The Kier molecular flexibility index (Phi) is 3.30. The van der Waals surface area contributed by atoms with Crippen molar-refractivity contribution in [2.75, 3.05) is 0 Å². The molecule has 3 rings (SSSR count). The Balaban J connectivity index is 1.66. The highest BCUT2D eigenvalue weighted by molar-refractivity contribution is 6.00. The van der Waals surface area contributed by atoms with Gasteiger partial charge in [-0.1, -0.05) is 30.3 Å². The number of nitrogens with zero attached hydrogens (tertiary/aromatic N) is 2. The molecule has 1 saturated heterocycles. The monoisotopic (exact) mass is 272 g/mol. The highest BCUT2D eigenvalue weighted by Gasteiger charge is 2.30. The molecule has 0 unspecified atom stereocenters.